The number of nitrogens with zero attached hydrogens (tertiary/aromatic N) is 3. The van der Waals surface area contributed by atoms with Crippen molar-refractivity contribution in [3.63, 3.8) is 0 Å². The highest BCUT2D eigenvalue weighted by Gasteiger charge is 2.42. The number of esters is 1. The Morgan fingerprint density at radius 2 is 1.18 bits per heavy atom. The monoisotopic (exact) mass is 856 g/mol. The Morgan fingerprint density at radius 1 is 0.650 bits per heavy atom. The number of aromatic nitrogens is 3. The van der Waals surface area contributed by atoms with Gasteiger partial charge in [-0.1, -0.05) is 59.7 Å². The lowest BCUT2D eigenvalue weighted by molar-refractivity contribution is -0.146. The summed E-state index contributed by atoms with van der Waals surface area (Å²) >= 11 is 0. The summed E-state index contributed by atoms with van der Waals surface area (Å²) in [6, 6.07) is 20.1. The van der Waals surface area contributed by atoms with Gasteiger partial charge in [-0.05, 0) is 125 Å². The lowest BCUT2D eigenvalue weighted by Gasteiger charge is -2.39. The highest BCUT2D eigenvalue weighted by atomic mass is 28.4. The number of rotatable bonds is 18. The minimum absolute atomic E-state index is 0.0173. The summed E-state index contributed by atoms with van der Waals surface area (Å²) in [7, 11) is -4.49. The van der Waals surface area contributed by atoms with Crippen molar-refractivity contribution in [2.24, 2.45) is 0 Å². The molecular weight excluding hydrogens is 789 g/mol. The summed E-state index contributed by atoms with van der Waals surface area (Å²) in [5.41, 5.74) is 2.99. The molecule has 1 unspecified atom stereocenters. The van der Waals surface area contributed by atoms with Crippen molar-refractivity contribution in [3.8, 4) is 40.0 Å². The molecule has 4 aromatic rings. The van der Waals surface area contributed by atoms with Crippen LogP contribution in [0.25, 0.3) is 22.8 Å². The van der Waals surface area contributed by atoms with Crippen molar-refractivity contribution in [2.75, 3.05) is 13.2 Å². The lowest BCUT2D eigenvalue weighted by atomic mass is 10.1. The van der Waals surface area contributed by atoms with Crippen molar-refractivity contribution >= 4 is 28.7 Å². The molecule has 1 aromatic carbocycles. The fraction of sp³-hybridized carbons (Fsp3) is 0.511. The van der Waals surface area contributed by atoms with Crippen molar-refractivity contribution in [1.29, 1.82) is 0 Å². The Kier molecular flexibility index (Phi) is 16.1. The molecule has 13 heteroatoms. The Labute approximate surface area is 360 Å². The normalized spacial score (nSPS) is 12.9. The predicted molar refractivity (Wildman–Crippen MR) is 245 cm³/mol. The number of benzene rings is 1. The zero-order chi connectivity index (χ0) is 44.4. The van der Waals surface area contributed by atoms with E-state index < -0.39 is 40.3 Å². The Bertz CT molecular complexity index is 1950. The van der Waals surface area contributed by atoms with Crippen molar-refractivity contribution in [3.05, 3.63) is 84.7 Å². The summed E-state index contributed by atoms with van der Waals surface area (Å²) in [5, 5.41) is 2.71. The summed E-state index contributed by atoms with van der Waals surface area (Å²) in [4.78, 5) is 40.4. The maximum Gasteiger partial charge on any atom is 0.408 e. The van der Waals surface area contributed by atoms with Gasteiger partial charge in [-0.25, -0.2) is 14.6 Å². The van der Waals surface area contributed by atoms with Gasteiger partial charge in [0.05, 0.1) is 36.0 Å². The van der Waals surface area contributed by atoms with Gasteiger partial charge < -0.3 is 28.4 Å². The van der Waals surface area contributed by atoms with E-state index in [4.69, 9.17) is 28.0 Å². The molecule has 3 aromatic heterocycles. The average Bonchev–Trinajstić information content (AvgIpc) is 3.15. The number of carbonyl (C=O) groups is 2. The summed E-state index contributed by atoms with van der Waals surface area (Å²) in [5.74, 6) is 1.52. The van der Waals surface area contributed by atoms with Crippen molar-refractivity contribution in [2.45, 2.75) is 142 Å². The largest absolute Gasteiger partial charge is 0.541 e. The second-order valence-electron chi connectivity index (χ2n) is 19.3. The van der Waals surface area contributed by atoms with Gasteiger partial charge in [0.15, 0.2) is 0 Å². The highest BCUT2D eigenvalue weighted by Crippen LogP contribution is 2.44. The number of unbranched alkanes of at least 4 members (excludes halogenated alkanes) is 3. The minimum Gasteiger partial charge on any atom is -0.541 e. The fourth-order valence-electron chi connectivity index (χ4n) is 5.48. The molecule has 0 bridgehead atoms. The zero-order valence-corrected chi connectivity index (χ0v) is 40.2. The molecule has 0 aliphatic carbocycles. The zero-order valence-electron chi connectivity index (χ0n) is 38.2. The third-order valence-electron chi connectivity index (χ3n) is 11.0. The molecule has 11 nitrogen and oxygen atoms in total. The minimum atomic E-state index is -2.28. The third-order valence-corrected chi connectivity index (χ3v) is 19.7. The number of hydrogen-bond acceptors (Lipinski definition) is 10. The summed E-state index contributed by atoms with van der Waals surface area (Å²) < 4.78 is 31.2. The van der Waals surface area contributed by atoms with E-state index in [1.165, 1.54) is 0 Å². The van der Waals surface area contributed by atoms with E-state index in [1.807, 2.05) is 66.7 Å². The van der Waals surface area contributed by atoms with E-state index >= 15 is 0 Å². The van der Waals surface area contributed by atoms with Crippen LogP contribution in [0.5, 0.6) is 17.2 Å². The van der Waals surface area contributed by atoms with Crippen molar-refractivity contribution < 1.29 is 32.7 Å². The number of hydrogen-bond donors (Lipinski definition) is 1. The van der Waals surface area contributed by atoms with Gasteiger partial charge in [-0.3, -0.25) is 9.97 Å². The first-order valence-electron chi connectivity index (χ1n) is 21.1. The van der Waals surface area contributed by atoms with E-state index in [0.717, 1.165) is 36.2 Å². The van der Waals surface area contributed by atoms with Gasteiger partial charge >= 0.3 is 12.1 Å². The maximum atomic E-state index is 13.6. The van der Waals surface area contributed by atoms with Gasteiger partial charge in [0.1, 0.15) is 28.9 Å². The standard InChI is InChI=1S/C47H68N4O7Si2/c1-45(2,3)56-44(53)51-40(30-34-24-25-41(57-59(10,11)46(4,5)6)42(31-34)58-60(12,13)47(7,8)9)43(52)55-29-21-15-14-20-28-54-35-32-38(36-22-16-18-26-48-36)50-39(33-35)37-23-17-19-27-49-37/h16-19,22-27,31-33,40H,14-15,20-21,28-30H2,1-13H3,(H,51,53). The molecule has 1 N–H and O–H groups in total. The van der Waals surface area contributed by atoms with Crippen LogP contribution in [0.15, 0.2) is 79.1 Å². The molecule has 326 valence electrons. The molecule has 0 radical (unpaired) electrons. The van der Waals surface area contributed by atoms with Crippen LogP contribution in [0.4, 0.5) is 4.79 Å². The van der Waals surface area contributed by atoms with E-state index in [9.17, 15) is 9.59 Å². The molecule has 0 spiro atoms. The highest BCUT2D eigenvalue weighted by molar-refractivity contribution is 6.75. The molecule has 0 aliphatic heterocycles. The van der Waals surface area contributed by atoms with Gasteiger partial charge in [-0.15, -0.1) is 0 Å². The van der Waals surface area contributed by atoms with E-state index in [0.29, 0.717) is 41.7 Å². The molecule has 0 fully saturated rings. The second-order valence-corrected chi connectivity index (χ2v) is 28.8. The van der Waals surface area contributed by atoms with Crippen LogP contribution >= 0.6 is 0 Å². The van der Waals surface area contributed by atoms with Crippen LogP contribution in [0, 0.1) is 0 Å². The van der Waals surface area contributed by atoms with Gasteiger partial charge in [-0.2, -0.15) is 0 Å². The predicted octanol–water partition coefficient (Wildman–Crippen LogP) is 11.6. The third kappa shape index (κ3) is 14.5. The van der Waals surface area contributed by atoms with Gasteiger partial charge in [0.25, 0.3) is 16.6 Å². The molecule has 0 saturated heterocycles. The topological polar surface area (TPSA) is 131 Å². The van der Waals surface area contributed by atoms with E-state index in [-0.39, 0.29) is 23.1 Å². The molecule has 1 amide bonds. The fourth-order valence-corrected chi connectivity index (χ4v) is 7.52. The molecule has 0 aliphatic rings. The number of nitrogens with one attached hydrogen (secondary N) is 1. The first-order chi connectivity index (χ1) is 27.9. The van der Waals surface area contributed by atoms with Crippen LogP contribution in [0.2, 0.25) is 36.3 Å². The number of ether oxygens (including phenoxy) is 3. The number of carbonyl (C=O) groups excluding carboxylic acids is 2. The second kappa shape index (κ2) is 20.2. The van der Waals surface area contributed by atoms with Crippen LogP contribution < -0.4 is 18.9 Å². The SMILES string of the molecule is CC(C)(C)OC(=O)NC(Cc1ccc(O[Si](C)(C)C(C)(C)C)c(O[Si](C)(C)C(C)(C)C)c1)C(=O)OCCCCCCOc1cc(-c2ccccn2)nc(-c2ccccn2)c1. The quantitative estimate of drug-likeness (QED) is 0.0586. The van der Waals surface area contributed by atoms with Gasteiger partial charge in [0.2, 0.25) is 0 Å². The lowest BCUT2D eigenvalue weighted by Crippen LogP contribution is -2.46. The molecule has 1 atom stereocenters. The van der Waals surface area contributed by atoms with Crippen LogP contribution in [-0.4, -0.2) is 68.5 Å². The molecule has 4 rings (SSSR count). The summed E-state index contributed by atoms with van der Waals surface area (Å²) in [6.07, 6.45) is 6.17. The van der Waals surface area contributed by atoms with Crippen molar-refractivity contribution in [1.82, 2.24) is 20.3 Å². The molecule has 0 saturated carbocycles. The van der Waals surface area contributed by atoms with Crippen LogP contribution in [0.3, 0.4) is 0 Å². The Balaban J connectivity index is 1.39. The Hall–Kier alpha value is -4.76. The van der Waals surface area contributed by atoms with E-state index in [2.05, 4.69) is 83.0 Å². The number of pyridine rings is 3. The first kappa shape index (κ1) is 47.9. The first-order valence-corrected chi connectivity index (χ1v) is 26.9. The maximum absolute atomic E-state index is 13.6. The Morgan fingerprint density at radius 3 is 1.68 bits per heavy atom. The molecule has 3 heterocycles. The smallest absolute Gasteiger partial charge is 0.408 e. The van der Waals surface area contributed by atoms with Crippen LogP contribution in [-0.2, 0) is 20.7 Å². The molecule has 60 heavy (non-hydrogen) atoms. The molecular formula is C47H68N4O7Si2. The number of amides is 1. The van der Waals surface area contributed by atoms with Crippen LogP contribution in [0.1, 0.15) is 93.6 Å². The van der Waals surface area contributed by atoms with E-state index in [1.54, 1.807) is 33.2 Å². The number of alkyl carbamates (subject to hydrolysis) is 1. The van der Waals surface area contributed by atoms with Gasteiger partial charge in [0, 0.05) is 30.9 Å². The average molecular weight is 857 g/mol. The summed E-state index contributed by atoms with van der Waals surface area (Å²) in [6.45, 7) is 28.1.